The zero-order valence-electron chi connectivity index (χ0n) is 12.9. The minimum atomic E-state index is -0.860. The summed E-state index contributed by atoms with van der Waals surface area (Å²) >= 11 is 0. The van der Waals surface area contributed by atoms with Crippen LogP contribution in [-0.2, 0) is 0 Å². The van der Waals surface area contributed by atoms with Gasteiger partial charge in [-0.1, -0.05) is 12.1 Å². The Hall–Kier alpha value is -3.82. The largest absolute Gasteiger partial charge is 0.507 e. The van der Waals surface area contributed by atoms with Gasteiger partial charge in [0.2, 0.25) is 0 Å². The Bertz CT molecular complexity index is 861. The molecule has 0 radical (unpaired) electrons. The predicted octanol–water partition coefficient (Wildman–Crippen LogP) is 2.36. The maximum atomic E-state index is 12.1. The van der Waals surface area contributed by atoms with E-state index < -0.39 is 27.1 Å². The van der Waals surface area contributed by atoms with Crippen LogP contribution in [0.25, 0.3) is 0 Å². The van der Waals surface area contributed by atoms with Crippen LogP contribution in [0.5, 0.6) is 5.75 Å². The van der Waals surface area contributed by atoms with E-state index in [4.69, 9.17) is 0 Å². The highest BCUT2D eigenvalue weighted by atomic mass is 16.6. The van der Waals surface area contributed by atoms with E-state index >= 15 is 0 Å². The molecule has 0 aliphatic carbocycles. The molecule has 0 aliphatic rings. The summed E-state index contributed by atoms with van der Waals surface area (Å²) in [7, 11) is 0. The molecule has 0 unspecified atom stereocenters. The zero-order valence-corrected chi connectivity index (χ0v) is 12.9. The molecule has 2 rings (SSSR count). The smallest absolute Gasteiger partial charge is 0.277 e. The van der Waals surface area contributed by atoms with E-state index in [9.17, 15) is 30.1 Å². The van der Waals surface area contributed by atoms with Gasteiger partial charge in [-0.05, 0) is 19.1 Å². The van der Waals surface area contributed by atoms with Crippen molar-refractivity contribution in [3.05, 3.63) is 73.8 Å². The molecule has 0 heterocycles. The first-order valence-corrected chi connectivity index (χ1v) is 6.86. The SMILES string of the molecule is C/C(=N\NC(=O)c1cc([N+](=O)[O-])cc([N+](=O)[O-])c1)c1ccccc1O. The topological polar surface area (TPSA) is 148 Å². The summed E-state index contributed by atoms with van der Waals surface area (Å²) in [5.74, 6) is -0.898. The first-order chi connectivity index (χ1) is 11.8. The van der Waals surface area contributed by atoms with Crippen LogP contribution in [0, 0.1) is 20.2 Å². The number of carbonyl (C=O) groups is 1. The van der Waals surface area contributed by atoms with E-state index in [-0.39, 0.29) is 17.0 Å². The van der Waals surface area contributed by atoms with Gasteiger partial charge in [-0.25, -0.2) is 5.43 Å². The highest BCUT2D eigenvalue weighted by Gasteiger charge is 2.19. The standard InChI is InChI=1S/C15H12N4O6/c1-9(13-4-2-3-5-14(13)20)16-17-15(21)10-6-11(18(22)23)8-12(7-10)19(24)25/h2-8,20H,1H3,(H,17,21)/b16-9+. The number of carbonyl (C=O) groups excluding carboxylic acids is 1. The molecule has 2 aromatic carbocycles. The Balaban J connectivity index is 2.29. The second-order valence-corrected chi connectivity index (χ2v) is 4.91. The molecule has 10 nitrogen and oxygen atoms in total. The van der Waals surface area contributed by atoms with Gasteiger partial charge < -0.3 is 5.11 Å². The van der Waals surface area contributed by atoms with Crippen LogP contribution in [-0.4, -0.2) is 26.6 Å². The van der Waals surface area contributed by atoms with Crippen LogP contribution in [0.4, 0.5) is 11.4 Å². The van der Waals surface area contributed by atoms with Crippen molar-refractivity contribution >= 4 is 23.0 Å². The minimum Gasteiger partial charge on any atom is -0.507 e. The maximum absolute atomic E-state index is 12.1. The number of hydrogen-bond acceptors (Lipinski definition) is 7. The molecule has 0 fully saturated rings. The Labute approximate surface area is 140 Å². The number of para-hydroxylation sites is 1. The van der Waals surface area contributed by atoms with Crippen LogP contribution in [0.3, 0.4) is 0 Å². The number of hydrogen-bond donors (Lipinski definition) is 2. The first-order valence-electron chi connectivity index (χ1n) is 6.86. The Morgan fingerprint density at radius 1 is 1.08 bits per heavy atom. The number of nitro benzene ring substituents is 2. The summed E-state index contributed by atoms with van der Waals surface area (Å²) in [5.41, 5.74) is 1.37. The molecule has 0 bridgehead atoms. The summed E-state index contributed by atoms with van der Waals surface area (Å²) in [6.45, 7) is 1.53. The Morgan fingerprint density at radius 2 is 1.64 bits per heavy atom. The number of amides is 1. The number of nitrogens with zero attached hydrogens (tertiary/aromatic N) is 3. The lowest BCUT2D eigenvalue weighted by atomic mass is 10.1. The zero-order chi connectivity index (χ0) is 18.6. The molecule has 0 spiro atoms. The fourth-order valence-electron chi connectivity index (χ4n) is 1.98. The monoisotopic (exact) mass is 344 g/mol. The van der Waals surface area contributed by atoms with Crippen LogP contribution in [0.1, 0.15) is 22.8 Å². The lowest BCUT2D eigenvalue weighted by Crippen LogP contribution is -2.19. The number of phenols is 1. The summed E-state index contributed by atoms with van der Waals surface area (Å²) < 4.78 is 0. The van der Waals surface area contributed by atoms with Crippen molar-refractivity contribution in [3.8, 4) is 5.75 Å². The molecule has 0 saturated heterocycles. The van der Waals surface area contributed by atoms with Crippen LogP contribution in [0.2, 0.25) is 0 Å². The van der Waals surface area contributed by atoms with Gasteiger partial charge in [0, 0.05) is 17.7 Å². The highest BCUT2D eigenvalue weighted by molar-refractivity contribution is 6.02. The number of benzene rings is 2. The van der Waals surface area contributed by atoms with Crippen molar-refractivity contribution in [3.63, 3.8) is 0 Å². The van der Waals surface area contributed by atoms with Gasteiger partial charge in [-0.2, -0.15) is 5.10 Å². The fourth-order valence-corrected chi connectivity index (χ4v) is 1.98. The van der Waals surface area contributed by atoms with Crippen molar-refractivity contribution in [1.29, 1.82) is 0 Å². The number of rotatable bonds is 5. The van der Waals surface area contributed by atoms with Gasteiger partial charge in [0.25, 0.3) is 17.3 Å². The van der Waals surface area contributed by atoms with E-state index in [1.165, 1.54) is 13.0 Å². The molecular weight excluding hydrogens is 332 g/mol. The summed E-state index contributed by atoms with van der Waals surface area (Å²) in [6, 6.07) is 8.89. The quantitative estimate of drug-likeness (QED) is 0.483. The second kappa shape index (κ2) is 7.17. The molecule has 0 saturated carbocycles. The van der Waals surface area contributed by atoms with Crippen molar-refractivity contribution < 1.29 is 19.7 Å². The van der Waals surface area contributed by atoms with Gasteiger partial charge in [0.15, 0.2) is 0 Å². The molecular formula is C15H12N4O6. The van der Waals surface area contributed by atoms with Gasteiger partial charge >= 0.3 is 0 Å². The average Bonchev–Trinajstić information content (AvgIpc) is 2.59. The number of phenolic OH excluding ortho intramolecular Hbond substituents is 1. The Kier molecular flexibility index (Phi) is 5.03. The van der Waals surface area contributed by atoms with Gasteiger partial charge in [0.1, 0.15) is 5.75 Å². The predicted molar refractivity (Wildman–Crippen MR) is 87.5 cm³/mol. The van der Waals surface area contributed by atoms with Crippen LogP contribution < -0.4 is 5.43 Å². The van der Waals surface area contributed by atoms with Crippen molar-refractivity contribution in [2.45, 2.75) is 6.92 Å². The summed E-state index contributed by atoms with van der Waals surface area (Å²) in [4.78, 5) is 32.1. The lowest BCUT2D eigenvalue weighted by molar-refractivity contribution is -0.394. The number of nitro groups is 2. The third kappa shape index (κ3) is 4.13. The fraction of sp³-hybridized carbons (Fsp3) is 0.0667. The molecule has 0 aromatic heterocycles. The molecule has 10 heteroatoms. The van der Waals surface area contributed by atoms with Crippen LogP contribution >= 0.6 is 0 Å². The lowest BCUT2D eigenvalue weighted by Gasteiger charge is -2.05. The normalized spacial score (nSPS) is 11.0. The maximum Gasteiger partial charge on any atom is 0.277 e. The molecule has 2 aromatic rings. The van der Waals surface area contributed by atoms with Crippen LogP contribution in [0.15, 0.2) is 47.6 Å². The molecule has 0 atom stereocenters. The van der Waals surface area contributed by atoms with E-state index in [1.807, 2.05) is 0 Å². The van der Waals surface area contributed by atoms with E-state index in [0.29, 0.717) is 5.56 Å². The van der Waals surface area contributed by atoms with E-state index in [1.54, 1.807) is 18.2 Å². The molecule has 25 heavy (non-hydrogen) atoms. The minimum absolute atomic E-state index is 0.0380. The number of nitrogens with one attached hydrogen (secondary N) is 1. The molecule has 0 aliphatic heterocycles. The van der Waals surface area contributed by atoms with Gasteiger partial charge in [-0.15, -0.1) is 0 Å². The van der Waals surface area contributed by atoms with Crippen molar-refractivity contribution in [2.75, 3.05) is 0 Å². The van der Waals surface area contributed by atoms with E-state index in [2.05, 4.69) is 10.5 Å². The highest BCUT2D eigenvalue weighted by Crippen LogP contribution is 2.22. The molecule has 2 N–H and O–H groups in total. The third-order valence-electron chi connectivity index (χ3n) is 3.21. The number of non-ortho nitro benzene ring substituents is 2. The van der Waals surface area contributed by atoms with Gasteiger partial charge in [-0.3, -0.25) is 25.0 Å². The summed E-state index contributed by atoms with van der Waals surface area (Å²) in [6.07, 6.45) is 0. The van der Waals surface area contributed by atoms with Crippen molar-refractivity contribution in [1.82, 2.24) is 5.43 Å². The average molecular weight is 344 g/mol. The third-order valence-corrected chi connectivity index (χ3v) is 3.21. The summed E-state index contributed by atoms with van der Waals surface area (Å²) in [5, 5.41) is 35.2. The number of aromatic hydroxyl groups is 1. The number of hydrazone groups is 1. The molecule has 128 valence electrons. The Morgan fingerprint density at radius 3 is 2.16 bits per heavy atom. The van der Waals surface area contributed by atoms with Gasteiger partial charge in [0.05, 0.1) is 27.2 Å². The van der Waals surface area contributed by atoms with E-state index in [0.717, 1.165) is 18.2 Å². The molecule has 1 amide bonds. The van der Waals surface area contributed by atoms with Crippen molar-refractivity contribution in [2.24, 2.45) is 5.10 Å². The second-order valence-electron chi connectivity index (χ2n) is 4.91. The first kappa shape index (κ1) is 17.5.